The molecule has 1 aliphatic rings. The number of hydrogen-bond donors (Lipinski definition) is 1. The van der Waals surface area contributed by atoms with Gasteiger partial charge in [0.2, 0.25) is 5.76 Å². The van der Waals surface area contributed by atoms with E-state index in [0.29, 0.717) is 29.9 Å². The van der Waals surface area contributed by atoms with Crippen LogP contribution in [0.25, 0.3) is 11.3 Å². The van der Waals surface area contributed by atoms with Gasteiger partial charge in [0.05, 0.1) is 11.7 Å². The maximum Gasteiger partial charge on any atom is 0.292 e. The smallest absolute Gasteiger partial charge is 0.292 e. The third kappa shape index (κ3) is 3.33. The van der Waals surface area contributed by atoms with Crippen LogP contribution >= 0.6 is 0 Å². The molecule has 3 rings (SSSR count). The molecule has 2 heterocycles. The van der Waals surface area contributed by atoms with E-state index in [2.05, 4.69) is 5.16 Å². The van der Waals surface area contributed by atoms with Gasteiger partial charge < -0.3 is 14.5 Å². The molecule has 1 aromatic heterocycles. The van der Waals surface area contributed by atoms with Gasteiger partial charge in [-0.25, -0.2) is 4.39 Å². The van der Waals surface area contributed by atoms with E-state index in [4.69, 9.17) is 4.52 Å². The maximum atomic E-state index is 13.1. The summed E-state index contributed by atoms with van der Waals surface area (Å²) in [4.78, 5) is 14.6. The zero-order chi connectivity index (χ0) is 17.1. The first-order valence-electron chi connectivity index (χ1n) is 8.31. The number of carbonyl (C=O) groups excluding carboxylic acids is 1. The van der Waals surface area contributed by atoms with Crippen LogP contribution in [0.4, 0.5) is 4.39 Å². The second-order valence-corrected chi connectivity index (χ2v) is 6.16. The standard InChI is InChI=1S/C18H21FN2O3/c1-12(22)15-16(13-6-8-14(19)9-7-13)20-24-17(15)18(23)21-10-4-2-3-5-11-21/h6-9,12,22H,2-5,10-11H2,1H3. The highest BCUT2D eigenvalue weighted by Crippen LogP contribution is 2.31. The third-order valence-corrected chi connectivity index (χ3v) is 4.35. The van der Waals surface area contributed by atoms with E-state index < -0.39 is 6.10 Å². The topological polar surface area (TPSA) is 66.6 Å². The number of likely N-dealkylation sites (tertiary alicyclic amines) is 1. The zero-order valence-corrected chi connectivity index (χ0v) is 13.7. The number of carbonyl (C=O) groups is 1. The number of hydrogen-bond acceptors (Lipinski definition) is 4. The summed E-state index contributed by atoms with van der Waals surface area (Å²) in [6.45, 7) is 2.94. The summed E-state index contributed by atoms with van der Waals surface area (Å²) in [5.74, 6) is -0.526. The summed E-state index contributed by atoms with van der Waals surface area (Å²) in [6, 6.07) is 5.73. The number of amides is 1. The first-order valence-corrected chi connectivity index (χ1v) is 8.31. The van der Waals surface area contributed by atoms with Crippen molar-refractivity contribution in [3.05, 3.63) is 41.4 Å². The molecule has 24 heavy (non-hydrogen) atoms. The number of aromatic nitrogens is 1. The number of benzene rings is 1. The second-order valence-electron chi connectivity index (χ2n) is 6.16. The van der Waals surface area contributed by atoms with Crippen molar-refractivity contribution in [3.63, 3.8) is 0 Å². The van der Waals surface area contributed by atoms with Crippen LogP contribution in [0.3, 0.4) is 0 Å². The molecule has 1 atom stereocenters. The maximum absolute atomic E-state index is 13.1. The molecule has 0 saturated carbocycles. The fraction of sp³-hybridized carbons (Fsp3) is 0.444. The fourth-order valence-electron chi connectivity index (χ4n) is 3.07. The molecule has 0 radical (unpaired) electrons. The lowest BCUT2D eigenvalue weighted by Crippen LogP contribution is -2.32. The molecule has 1 aromatic carbocycles. The van der Waals surface area contributed by atoms with Crippen LogP contribution in [-0.2, 0) is 0 Å². The fourth-order valence-corrected chi connectivity index (χ4v) is 3.07. The Morgan fingerprint density at radius 2 is 1.83 bits per heavy atom. The average Bonchev–Trinajstić information content (AvgIpc) is 2.83. The van der Waals surface area contributed by atoms with E-state index in [1.54, 1.807) is 24.0 Å². The highest BCUT2D eigenvalue weighted by atomic mass is 19.1. The highest BCUT2D eigenvalue weighted by Gasteiger charge is 2.29. The summed E-state index contributed by atoms with van der Waals surface area (Å²) in [5.41, 5.74) is 1.34. The van der Waals surface area contributed by atoms with E-state index in [1.807, 2.05) is 0 Å². The SMILES string of the molecule is CC(O)c1c(-c2ccc(F)cc2)noc1C(=O)N1CCCCCC1. The van der Waals surface area contributed by atoms with Gasteiger partial charge in [-0.3, -0.25) is 4.79 Å². The molecule has 5 nitrogen and oxygen atoms in total. The summed E-state index contributed by atoms with van der Waals surface area (Å²) in [7, 11) is 0. The van der Waals surface area contributed by atoms with Gasteiger partial charge in [-0.2, -0.15) is 0 Å². The molecule has 1 aliphatic heterocycles. The van der Waals surface area contributed by atoms with Crippen molar-refractivity contribution in [1.29, 1.82) is 0 Å². The Morgan fingerprint density at radius 1 is 1.21 bits per heavy atom. The number of rotatable bonds is 3. The van der Waals surface area contributed by atoms with Gasteiger partial charge in [0.15, 0.2) is 0 Å². The lowest BCUT2D eigenvalue weighted by atomic mass is 10.0. The molecule has 0 bridgehead atoms. The van der Waals surface area contributed by atoms with Crippen LogP contribution in [0.2, 0.25) is 0 Å². The second kappa shape index (κ2) is 7.13. The van der Waals surface area contributed by atoms with Crippen LogP contribution < -0.4 is 0 Å². The summed E-state index contributed by atoms with van der Waals surface area (Å²) >= 11 is 0. The minimum atomic E-state index is -0.915. The van der Waals surface area contributed by atoms with E-state index in [0.717, 1.165) is 25.7 Å². The van der Waals surface area contributed by atoms with Crippen molar-refractivity contribution in [2.45, 2.75) is 38.7 Å². The number of aliphatic hydroxyl groups excluding tert-OH is 1. The van der Waals surface area contributed by atoms with Gasteiger partial charge in [0.1, 0.15) is 11.5 Å². The van der Waals surface area contributed by atoms with Crippen molar-refractivity contribution in [2.24, 2.45) is 0 Å². The molecule has 0 spiro atoms. The normalized spacial score (nSPS) is 16.7. The summed E-state index contributed by atoms with van der Waals surface area (Å²) in [5, 5.41) is 14.1. The first kappa shape index (κ1) is 16.6. The predicted octanol–water partition coefficient (Wildman–Crippen LogP) is 3.55. The molecule has 128 valence electrons. The predicted molar refractivity (Wildman–Crippen MR) is 86.9 cm³/mol. The van der Waals surface area contributed by atoms with Gasteiger partial charge in [-0.05, 0) is 44.0 Å². The molecule has 1 saturated heterocycles. The molecule has 2 aromatic rings. The Labute approximate surface area is 140 Å². The van der Waals surface area contributed by atoms with Crippen molar-refractivity contribution in [2.75, 3.05) is 13.1 Å². The Balaban J connectivity index is 1.96. The number of nitrogens with zero attached hydrogens (tertiary/aromatic N) is 2. The minimum Gasteiger partial charge on any atom is -0.388 e. The Bertz CT molecular complexity index is 702. The Kier molecular flexibility index (Phi) is 4.94. The zero-order valence-electron chi connectivity index (χ0n) is 13.7. The van der Waals surface area contributed by atoms with Gasteiger partial charge >= 0.3 is 0 Å². The van der Waals surface area contributed by atoms with Gasteiger partial charge in [-0.1, -0.05) is 18.0 Å². The summed E-state index contributed by atoms with van der Waals surface area (Å²) in [6.07, 6.45) is 3.25. The van der Waals surface area contributed by atoms with E-state index in [-0.39, 0.29) is 17.5 Å². The van der Waals surface area contributed by atoms with E-state index in [1.165, 1.54) is 12.1 Å². The largest absolute Gasteiger partial charge is 0.388 e. The molecule has 1 fully saturated rings. The molecule has 0 aliphatic carbocycles. The molecular weight excluding hydrogens is 311 g/mol. The van der Waals surface area contributed by atoms with E-state index in [9.17, 15) is 14.3 Å². The molecule has 1 N–H and O–H groups in total. The monoisotopic (exact) mass is 332 g/mol. The van der Waals surface area contributed by atoms with Crippen LogP contribution in [0.15, 0.2) is 28.8 Å². The van der Waals surface area contributed by atoms with Crippen molar-refractivity contribution in [3.8, 4) is 11.3 Å². The van der Waals surface area contributed by atoms with E-state index >= 15 is 0 Å². The minimum absolute atomic E-state index is 0.0752. The van der Waals surface area contributed by atoms with Crippen LogP contribution in [0.5, 0.6) is 0 Å². The average molecular weight is 332 g/mol. The third-order valence-electron chi connectivity index (χ3n) is 4.35. The quantitative estimate of drug-likeness (QED) is 0.933. The van der Waals surface area contributed by atoms with Crippen molar-refractivity contribution < 1.29 is 18.8 Å². The lowest BCUT2D eigenvalue weighted by Gasteiger charge is -2.19. The van der Waals surface area contributed by atoms with Crippen molar-refractivity contribution >= 4 is 5.91 Å². The van der Waals surface area contributed by atoms with Gasteiger partial charge in [-0.15, -0.1) is 0 Å². The first-order chi connectivity index (χ1) is 11.6. The highest BCUT2D eigenvalue weighted by molar-refractivity contribution is 5.94. The summed E-state index contributed by atoms with van der Waals surface area (Å²) < 4.78 is 18.4. The van der Waals surface area contributed by atoms with Crippen molar-refractivity contribution in [1.82, 2.24) is 10.1 Å². The van der Waals surface area contributed by atoms with Crippen LogP contribution in [-0.4, -0.2) is 34.2 Å². The van der Waals surface area contributed by atoms with Crippen LogP contribution in [0.1, 0.15) is 54.8 Å². The molecule has 1 unspecified atom stereocenters. The Hall–Kier alpha value is -2.21. The van der Waals surface area contributed by atoms with Gasteiger partial charge in [0.25, 0.3) is 5.91 Å². The molecular formula is C18H21FN2O3. The Morgan fingerprint density at radius 3 is 2.42 bits per heavy atom. The molecule has 1 amide bonds. The molecule has 6 heteroatoms. The van der Waals surface area contributed by atoms with Gasteiger partial charge in [0, 0.05) is 18.7 Å². The lowest BCUT2D eigenvalue weighted by molar-refractivity contribution is 0.0711. The number of aliphatic hydroxyl groups is 1. The van der Waals surface area contributed by atoms with Crippen LogP contribution in [0, 0.1) is 5.82 Å². The number of halogens is 1.